The summed E-state index contributed by atoms with van der Waals surface area (Å²) in [6, 6.07) is 3.60. The molecule has 98 valence electrons. The largest absolute Gasteiger partial charge is 0.375 e. The molecule has 0 aliphatic carbocycles. The van der Waals surface area contributed by atoms with E-state index < -0.39 is 5.91 Å². The van der Waals surface area contributed by atoms with Gasteiger partial charge in [-0.1, -0.05) is 0 Å². The van der Waals surface area contributed by atoms with Gasteiger partial charge in [-0.05, 0) is 38.8 Å². The van der Waals surface area contributed by atoms with Crippen LogP contribution in [-0.4, -0.2) is 34.4 Å². The fraction of sp³-hybridized carbons (Fsp3) is 0.583. The SMILES string of the molecule is CC1(C)CC(Nc2ccc(C(N)=O)nn2)CCO1. The molecule has 1 atom stereocenters. The number of nitrogens with two attached hydrogens (primary N) is 1. The fourth-order valence-corrected chi connectivity index (χ4v) is 2.10. The Hall–Kier alpha value is -1.69. The van der Waals surface area contributed by atoms with Gasteiger partial charge in [0, 0.05) is 12.6 Å². The van der Waals surface area contributed by atoms with Crippen molar-refractivity contribution in [3.63, 3.8) is 0 Å². The van der Waals surface area contributed by atoms with Crippen LogP contribution in [0.4, 0.5) is 5.82 Å². The number of aromatic nitrogens is 2. The number of carbonyl (C=O) groups excluding carboxylic acids is 1. The normalized spacial score (nSPS) is 22.4. The first-order valence-electron chi connectivity index (χ1n) is 6.00. The summed E-state index contributed by atoms with van der Waals surface area (Å²) >= 11 is 0. The maximum absolute atomic E-state index is 10.9. The van der Waals surface area contributed by atoms with Gasteiger partial charge in [0.15, 0.2) is 5.69 Å². The van der Waals surface area contributed by atoms with E-state index in [2.05, 4.69) is 29.4 Å². The van der Waals surface area contributed by atoms with E-state index in [1.807, 2.05) is 0 Å². The lowest BCUT2D eigenvalue weighted by Gasteiger charge is -2.35. The van der Waals surface area contributed by atoms with Gasteiger partial charge in [-0.25, -0.2) is 0 Å². The van der Waals surface area contributed by atoms with E-state index in [4.69, 9.17) is 10.5 Å². The molecule has 1 fully saturated rings. The van der Waals surface area contributed by atoms with Crippen molar-refractivity contribution >= 4 is 11.7 Å². The second-order valence-corrected chi connectivity index (χ2v) is 5.11. The second-order valence-electron chi connectivity index (χ2n) is 5.11. The fourth-order valence-electron chi connectivity index (χ4n) is 2.10. The molecule has 1 aromatic heterocycles. The topological polar surface area (TPSA) is 90.1 Å². The predicted molar refractivity (Wildman–Crippen MR) is 67.2 cm³/mol. The number of rotatable bonds is 3. The highest BCUT2D eigenvalue weighted by molar-refractivity contribution is 5.90. The Morgan fingerprint density at radius 1 is 1.50 bits per heavy atom. The molecule has 0 saturated carbocycles. The number of nitrogens with one attached hydrogen (secondary N) is 1. The molecule has 6 nitrogen and oxygen atoms in total. The number of anilines is 1. The van der Waals surface area contributed by atoms with Gasteiger partial charge in [0.25, 0.3) is 5.91 Å². The molecule has 6 heteroatoms. The number of carbonyl (C=O) groups is 1. The van der Waals surface area contributed by atoms with Crippen LogP contribution in [0.1, 0.15) is 37.2 Å². The van der Waals surface area contributed by atoms with Crippen molar-refractivity contribution in [2.24, 2.45) is 5.73 Å². The first-order valence-corrected chi connectivity index (χ1v) is 6.00. The molecule has 1 aromatic rings. The first-order chi connectivity index (χ1) is 8.46. The minimum atomic E-state index is -0.568. The van der Waals surface area contributed by atoms with Crippen LogP contribution in [-0.2, 0) is 4.74 Å². The molecular weight excluding hydrogens is 232 g/mol. The molecule has 2 rings (SSSR count). The van der Waals surface area contributed by atoms with E-state index in [0.29, 0.717) is 11.9 Å². The zero-order valence-electron chi connectivity index (χ0n) is 10.6. The summed E-state index contributed by atoms with van der Waals surface area (Å²) in [5, 5.41) is 11.0. The highest BCUT2D eigenvalue weighted by Gasteiger charge is 2.28. The maximum Gasteiger partial charge on any atom is 0.269 e. The van der Waals surface area contributed by atoms with Crippen LogP contribution in [0.5, 0.6) is 0 Å². The first kappa shape index (κ1) is 12.8. The number of hydrogen-bond donors (Lipinski definition) is 2. The van der Waals surface area contributed by atoms with Crippen LogP contribution >= 0.6 is 0 Å². The lowest BCUT2D eigenvalue weighted by atomic mass is 9.94. The standard InChI is InChI=1S/C12H18N4O2/c1-12(2)7-8(5-6-18-12)14-10-4-3-9(11(13)17)15-16-10/h3-4,8H,5-7H2,1-2H3,(H2,13,17)(H,14,16). The molecule has 1 aliphatic heterocycles. The van der Waals surface area contributed by atoms with E-state index >= 15 is 0 Å². The van der Waals surface area contributed by atoms with Crippen LogP contribution in [0.2, 0.25) is 0 Å². The quantitative estimate of drug-likeness (QED) is 0.833. The van der Waals surface area contributed by atoms with Crippen molar-refractivity contribution in [2.45, 2.75) is 38.3 Å². The average Bonchev–Trinajstić information content (AvgIpc) is 2.28. The zero-order valence-corrected chi connectivity index (χ0v) is 10.6. The van der Waals surface area contributed by atoms with Crippen LogP contribution in [0.25, 0.3) is 0 Å². The Morgan fingerprint density at radius 3 is 2.83 bits per heavy atom. The summed E-state index contributed by atoms with van der Waals surface area (Å²) in [4.78, 5) is 10.9. The maximum atomic E-state index is 10.9. The van der Waals surface area contributed by atoms with Gasteiger partial charge in [-0.3, -0.25) is 4.79 Å². The molecule has 0 bridgehead atoms. The third kappa shape index (κ3) is 3.16. The molecule has 1 unspecified atom stereocenters. The molecule has 0 aromatic carbocycles. The molecular formula is C12H18N4O2. The summed E-state index contributed by atoms with van der Waals surface area (Å²) in [6.07, 6.45) is 1.84. The van der Waals surface area contributed by atoms with Crippen LogP contribution in [0.15, 0.2) is 12.1 Å². The Labute approximate surface area is 106 Å². The molecule has 0 spiro atoms. The van der Waals surface area contributed by atoms with Gasteiger partial charge in [-0.15, -0.1) is 10.2 Å². The Bertz CT molecular complexity index is 430. The Morgan fingerprint density at radius 2 is 2.28 bits per heavy atom. The number of amides is 1. The summed E-state index contributed by atoms with van der Waals surface area (Å²) in [6.45, 7) is 4.88. The van der Waals surface area contributed by atoms with Gasteiger partial charge >= 0.3 is 0 Å². The lowest BCUT2D eigenvalue weighted by Crippen LogP contribution is -2.40. The summed E-state index contributed by atoms with van der Waals surface area (Å²) in [7, 11) is 0. The van der Waals surface area contributed by atoms with Crippen LogP contribution in [0, 0.1) is 0 Å². The van der Waals surface area contributed by atoms with E-state index in [0.717, 1.165) is 19.4 Å². The highest BCUT2D eigenvalue weighted by Crippen LogP contribution is 2.25. The smallest absolute Gasteiger partial charge is 0.269 e. The van der Waals surface area contributed by atoms with E-state index in [-0.39, 0.29) is 11.3 Å². The van der Waals surface area contributed by atoms with Gasteiger partial charge in [0.1, 0.15) is 5.82 Å². The van der Waals surface area contributed by atoms with Gasteiger partial charge < -0.3 is 15.8 Å². The molecule has 1 saturated heterocycles. The highest BCUT2D eigenvalue weighted by atomic mass is 16.5. The van der Waals surface area contributed by atoms with Gasteiger partial charge in [0.05, 0.1) is 5.60 Å². The number of nitrogens with zero attached hydrogens (tertiary/aromatic N) is 2. The number of ether oxygens (including phenoxy) is 1. The van der Waals surface area contributed by atoms with E-state index in [1.165, 1.54) is 0 Å². The van der Waals surface area contributed by atoms with Crippen LogP contribution < -0.4 is 11.1 Å². The van der Waals surface area contributed by atoms with Gasteiger partial charge in [-0.2, -0.15) is 0 Å². The average molecular weight is 250 g/mol. The number of primary amides is 1. The molecule has 0 radical (unpaired) electrons. The third-order valence-corrected chi connectivity index (χ3v) is 2.97. The Kier molecular flexibility index (Phi) is 3.47. The van der Waals surface area contributed by atoms with Crippen LogP contribution in [0.3, 0.4) is 0 Å². The van der Waals surface area contributed by atoms with Crippen molar-refractivity contribution in [3.05, 3.63) is 17.8 Å². The summed E-state index contributed by atoms with van der Waals surface area (Å²) in [5.74, 6) is 0.0870. The van der Waals surface area contributed by atoms with E-state index in [9.17, 15) is 4.79 Å². The summed E-state index contributed by atoms with van der Waals surface area (Å²) < 4.78 is 5.65. The third-order valence-electron chi connectivity index (χ3n) is 2.97. The van der Waals surface area contributed by atoms with E-state index in [1.54, 1.807) is 12.1 Å². The van der Waals surface area contributed by atoms with Crippen molar-refractivity contribution in [3.8, 4) is 0 Å². The molecule has 1 aliphatic rings. The Balaban J connectivity index is 1.99. The molecule has 18 heavy (non-hydrogen) atoms. The van der Waals surface area contributed by atoms with Crippen molar-refractivity contribution in [1.29, 1.82) is 0 Å². The molecule has 3 N–H and O–H groups in total. The lowest BCUT2D eigenvalue weighted by molar-refractivity contribution is -0.0553. The predicted octanol–water partition coefficient (Wildman–Crippen LogP) is 0.945. The molecule has 1 amide bonds. The minimum absolute atomic E-state index is 0.115. The summed E-state index contributed by atoms with van der Waals surface area (Å²) in [5.41, 5.74) is 5.16. The zero-order chi connectivity index (χ0) is 13.2. The van der Waals surface area contributed by atoms with Crippen molar-refractivity contribution < 1.29 is 9.53 Å². The minimum Gasteiger partial charge on any atom is -0.375 e. The second kappa shape index (κ2) is 4.89. The molecule has 2 heterocycles. The number of hydrogen-bond acceptors (Lipinski definition) is 5. The van der Waals surface area contributed by atoms with Crippen molar-refractivity contribution in [1.82, 2.24) is 10.2 Å². The van der Waals surface area contributed by atoms with Gasteiger partial charge in [0.2, 0.25) is 0 Å². The monoisotopic (exact) mass is 250 g/mol. The van der Waals surface area contributed by atoms with Crippen molar-refractivity contribution in [2.75, 3.05) is 11.9 Å².